The number of nitrogens with zero attached hydrogens (tertiary/aromatic N) is 2. The normalized spacial score (nSPS) is 14.0. The highest BCUT2D eigenvalue weighted by atomic mass is 35.5. The van der Waals surface area contributed by atoms with Crippen LogP contribution >= 0.6 is 11.6 Å². The summed E-state index contributed by atoms with van der Waals surface area (Å²) in [5.41, 5.74) is 2.46. The molecule has 0 spiro atoms. The fourth-order valence-corrected chi connectivity index (χ4v) is 4.27. The lowest BCUT2D eigenvalue weighted by Gasteiger charge is -2.35. The summed E-state index contributed by atoms with van der Waals surface area (Å²) in [6, 6.07) is 19.6. The third kappa shape index (κ3) is 5.24. The second-order valence-electron chi connectivity index (χ2n) is 8.14. The van der Waals surface area contributed by atoms with Crippen molar-refractivity contribution >= 4 is 23.3 Å². The third-order valence-corrected chi connectivity index (χ3v) is 6.27. The molecule has 7 heteroatoms. The quantitative estimate of drug-likeness (QED) is 0.466. The molecule has 1 heterocycles. The van der Waals surface area contributed by atoms with Crippen LogP contribution in [0.3, 0.4) is 0 Å². The highest BCUT2D eigenvalue weighted by molar-refractivity contribution is 6.30. The summed E-state index contributed by atoms with van der Waals surface area (Å²) in [5, 5.41) is 0.562. The molecular formula is C27H27ClN2O4. The topological polar surface area (TPSA) is 59.1 Å². The summed E-state index contributed by atoms with van der Waals surface area (Å²) in [6.45, 7) is 3.43. The van der Waals surface area contributed by atoms with Gasteiger partial charge in [-0.1, -0.05) is 35.9 Å². The molecule has 0 unspecified atom stereocenters. The Morgan fingerprint density at radius 3 is 2.12 bits per heavy atom. The number of rotatable bonds is 7. The summed E-state index contributed by atoms with van der Waals surface area (Å²) in [5.74, 6) is 1.10. The zero-order valence-electron chi connectivity index (χ0n) is 19.3. The molecule has 4 rings (SSSR count). The first-order chi connectivity index (χ1) is 16.5. The minimum absolute atomic E-state index is 0.122. The van der Waals surface area contributed by atoms with E-state index in [-0.39, 0.29) is 11.7 Å². The molecule has 3 aromatic carbocycles. The average Bonchev–Trinajstić information content (AvgIpc) is 2.88. The molecule has 1 aliphatic heterocycles. The van der Waals surface area contributed by atoms with Crippen molar-refractivity contribution in [3.8, 4) is 11.5 Å². The van der Waals surface area contributed by atoms with E-state index in [4.69, 9.17) is 21.1 Å². The minimum atomic E-state index is -0.187. The van der Waals surface area contributed by atoms with E-state index in [1.54, 1.807) is 62.8 Å². The van der Waals surface area contributed by atoms with Crippen molar-refractivity contribution < 1.29 is 19.1 Å². The van der Waals surface area contributed by atoms with Crippen LogP contribution in [0.2, 0.25) is 5.02 Å². The Labute approximate surface area is 204 Å². The van der Waals surface area contributed by atoms with Crippen LogP contribution in [0.15, 0.2) is 66.7 Å². The van der Waals surface area contributed by atoms with Gasteiger partial charge < -0.3 is 14.4 Å². The molecule has 176 valence electrons. The molecule has 1 amide bonds. The van der Waals surface area contributed by atoms with Gasteiger partial charge in [0.1, 0.15) is 0 Å². The van der Waals surface area contributed by atoms with Gasteiger partial charge in [-0.25, -0.2) is 0 Å². The Hall–Kier alpha value is -3.35. The van der Waals surface area contributed by atoms with Gasteiger partial charge in [-0.05, 0) is 48.0 Å². The van der Waals surface area contributed by atoms with Crippen molar-refractivity contribution in [2.24, 2.45) is 0 Å². The molecular weight excluding hydrogens is 452 g/mol. The van der Waals surface area contributed by atoms with Crippen molar-refractivity contribution in [2.45, 2.75) is 6.54 Å². The zero-order chi connectivity index (χ0) is 24.1. The Morgan fingerprint density at radius 2 is 1.47 bits per heavy atom. The number of hydrogen-bond acceptors (Lipinski definition) is 5. The van der Waals surface area contributed by atoms with E-state index in [1.807, 2.05) is 23.1 Å². The van der Waals surface area contributed by atoms with E-state index < -0.39 is 0 Å². The molecule has 0 saturated carbocycles. The van der Waals surface area contributed by atoms with Crippen LogP contribution in [0.1, 0.15) is 31.8 Å². The monoisotopic (exact) mass is 478 g/mol. The number of carbonyl (C=O) groups is 2. The predicted octanol–water partition coefficient (Wildman–Crippen LogP) is 4.55. The first-order valence-corrected chi connectivity index (χ1v) is 11.5. The van der Waals surface area contributed by atoms with Gasteiger partial charge in [0.2, 0.25) is 0 Å². The zero-order valence-corrected chi connectivity index (χ0v) is 20.0. The number of piperazine rings is 1. The lowest BCUT2D eigenvalue weighted by atomic mass is 9.97. The average molecular weight is 479 g/mol. The molecule has 6 nitrogen and oxygen atoms in total. The van der Waals surface area contributed by atoms with Crippen LogP contribution in [-0.4, -0.2) is 61.9 Å². The van der Waals surface area contributed by atoms with Crippen LogP contribution in [-0.2, 0) is 6.54 Å². The lowest BCUT2D eigenvalue weighted by Crippen LogP contribution is -2.48. The predicted molar refractivity (Wildman–Crippen MR) is 132 cm³/mol. The molecule has 1 fully saturated rings. The maximum absolute atomic E-state index is 13.3. The highest BCUT2D eigenvalue weighted by Crippen LogP contribution is 2.28. The van der Waals surface area contributed by atoms with Crippen molar-refractivity contribution in [3.05, 3.63) is 94.0 Å². The molecule has 0 atom stereocenters. The Bertz CT molecular complexity index is 1170. The minimum Gasteiger partial charge on any atom is -0.493 e. The van der Waals surface area contributed by atoms with Crippen LogP contribution in [0.25, 0.3) is 0 Å². The fourth-order valence-electron chi connectivity index (χ4n) is 4.14. The van der Waals surface area contributed by atoms with E-state index in [0.717, 1.165) is 25.2 Å². The Morgan fingerprint density at radius 1 is 0.824 bits per heavy atom. The van der Waals surface area contributed by atoms with E-state index in [2.05, 4.69) is 4.90 Å². The number of ether oxygens (including phenoxy) is 2. The molecule has 1 saturated heterocycles. The van der Waals surface area contributed by atoms with Crippen LogP contribution in [0.4, 0.5) is 0 Å². The summed E-state index contributed by atoms with van der Waals surface area (Å²) < 4.78 is 10.7. The number of amides is 1. The molecule has 3 aromatic rings. The van der Waals surface area contributed by atoms with Gasteiger partial charge in [-0.15, -0.1) is 0 Å². The molecule has 0 aliphatic carbocycles. The van der Waals surface area contributed by atoms with Gasteiger partial charge in [0.05, 0.1) is 19.8 Å². The van der Waals surface area contributed by atoms with E-state index in [9.17, 15) is 9.59 Å². The highest BCUT2D eigenvalue weighted by Gasteiger charge is 2.26. The fraction of sp³-hybridized carbons (Fsp3) is 0.259. The summed E-state index contributed by atoms with van der Waals surface area (Å²) in [7, 11) is 3.25. The van der Waals surface area contributed by atoms with Crippen molar-refractivity contribution in [1.82, 2.24) is 9.80 Å². The van der Waals surface area contributed by atoms with E-state index >= 15 is 0 Å². The van der Waals surface area contributed by atoms with Crippen molar-refractivity contribution in [1.29, 1.82) is 0 Å². The number of hydrogen-bond donors (Lipinski definition) is 0. The number of carbonyl (C=O) groups excluding carboxylic acids is 2. The van der Waals surface area contributed by atoms with Gasteiger partial charge in [0.25, 0.3) is 5.91 Å². The first-order valence-electron chi connectivity index (χ1n) is 11.1. The maximum atomic E-state index is 13.3. The molecule has 1 aliphatic rings. The number of methoxy groups -OCH3 is 2. The first kappa shape index (κ1) is 23.8. The number of ketones is 1. The van der Waals surface area contributed by atoms with Crippen molar-refractivity contribution in [2.75, 3.05) is 40.4 Å². The summed E-state index contributed by atoms with van der Waals surface area (Å²) >= 11 is 5.95. The smallest absolute Gasteiger partial charge is 0.254 e. The molecule has 34 heavy (non-hydrogen) atoms. The Kier molecular flexibility index (Phi) is 7.50. The number of halogens is 1. The van der Waals surface area contributed by atoms with Crippen LogP contribution < -0.4 is 9.47 Å². The second kappa shape index (κ2) is 10.7. The van der Waals surface area contributed by atoms with Gasteiger partial charge in [0.15, 0.2) is 17.3 Å². The number of benzene rings is 3. The van der Waals surface area contributed by atoms with Gasteiger partial charge >= 0.3 is 0 Å². The third-order valence-electron chi connectivity index (χ3n) is 6.02. The lowest BCUT2D eigenvalue weighted by molar-refractivity contribution is 0.0625. The standard InChI is InChI=1S/C27H27ClN2O4/c1-33-24-12-7-19(17-25(24)34-2)18-29-13-15-30(16-14-29)27(32)23-6-4-3-5-22(23)26(31)20-8-10-21(28)11-9-20/h3-12,17H,13-16,18H2,1-2H3. The maximum Gasteiger partial charge on any atom is 0.254 e. The SMILES string of the molecule is COc1ccc(CN2CCN(C(=O)c3ccccc3C(=O)c3ccc(Cl)cc3)CC2)cc1OC. The van der Waals surface area contributed by atoms with Gasteiger partial charge in [0, 0.05) is 48.9 Å². The van der Waals surface area contributed by atoms with E-state index in [1.165, 1.54) is 0 Å². The van der Waals surface area contributed by atoms with E-state index in [0.29, 0.717) is 46.3 Å². The van der Waals surface area contributed by atoms with Crippen molar-refractivity contribution in [3.63, 3.8) is 0 Å². The molecule has 0 radical (unpaired) electrons. The van der Waals surface area contributed by atoms with Gasteiger partial charge in [-0.3, -0.25) is 14.5 Å². The Balaban J connectivity index is 1.42. The van der Waals surface area contributed by atoms with Crippen LogP contribution in [0, 0.1) is 0 Å². The van der Waals surface area contributed by atoms with Gasteiger partial charge in [-0.2, -0.15) is 0 Å². The summed E-state index contributed by atoms with van der Waals surface area (Å²) in [4.78, 5) is 30.5. The summed E-state index contributed by atoms with van der Waals surface area (Å²) in [6.07, 6.45) is 0. The molecule has 0 bridgehead atoms. The van der Waals surface area contributed by atoms with Crippen LogP contribution in [0.5, 0.6) is 11.5 Å². The molecule has 0 N–H and O–H groups in total. The molecule has 0 aromatic heterocycles. The second-order valence-corrected chi connectivity index (χ2v) is 8.58. The largest absolute Gasteiger partial charge is 0.493 e.